The summed E-state index contributed by atoms with van der Waals surface area (Å²) in [5.41, 5.74) is 9.24. The van der Waals surface area contributed by atoms with Gasteiger partial charge in [0.05, 0.1) is 0 Å². The second-order valence-corrected chi connectivity index (χ2v) is 11.5. The number of aromatic hydroxyl groups is 1. The molecule has 0 spiro atoms. The molecule has 0 radical (unpaired) electrons. The van der Waals surface area contributed by atoms with Crippen LogP contribution in [0, 0.1) is 23.2 Å². The summed E-state index contributed by atoms with van der Waals surface area (Å²) in [5.74, 6) is 4.80. The summed E-state index contributed by atoms with van der Waals surface area (Å²) < 4.78 is 12.2. The summed E-state index contributed by atoms with van der Waals surface area (Å²) in [6.07, 6.45) is 8.40. The molecule has 0 bridgehead atoms. The van der Waals surface area contributed by atoms with E-state index in [1.807, 2.05) is 36.4 Å². The minimum Gasteiger partial charge on any atom is -0.508 e. The molecule has 0 heterocycles. The topological polar surface area (TPSA) is 68.0 Å². The molecule has 5 atom stereocenters. The van der Waals surface area contributed by atoms with Crippen molar-refractivity contribution in [1.82, 2.24) is 4.90 Å². The average Bonchev–Trinajstić information content (AvgIpc) is 3.21. The van der Waals surface area contributed by atoms with E-state index in [0.717, 1.165) is 36.3 Å². The highest BCUT2D eigenvalue weighted by molar-refractivity contribution is 5.42. The summed E-state index contributed by atoms with van der Waals surface area (Å²) >= 11 is 0. The monoisotopic (exact) mass is 506 g/mol. The molecule has 0 amide bonds. The first-order chi connectivity index (χ1) is 17.9. The predicted molar refractivity (Wildman–Crippen MR) is 151 cm³/mol. The minimum atomic E-state index is 0.273. The van der Waals surface area contributed by atoms with Crippen LogP contribution in [-0.4, -0.2) is 50.9 Å². The van der Waals surface area contributed by atoms with Gasteiger partial charge in [0.1, 0.15) is 19.0 Å². The number of fused-ring (bicyclic) bond motifs is 5. The highest BCUT2D eigenvalue weighted by Crippen LogP contribution is 2.63. The molecule has 0 aromatic heterocycles. The number of hydrogen-bond acceptors (Lipinski definition) is 5. The number of allylic oxidation sites excluding steroid dienone is 1. The van der Waals surface area contributed by atoms with Crippen molar-refractivity contribution in [2.75, 3.05) is 40.9 Å². The van der Waals surface area contributed by atoms with Crippen molar-refractivity contribution in [1.29, 1.82) is 0 Å². The largest absolute Gasteiger partial charge is 0.508 e. The van der Waals surface area contributed by atoms with Crippen molar-refractivity contribution in [2.45, 2.75) is 51.9 Å². The number of nitrogens with two attached hydrogens (primary N) is 1. The third-order valence-electron chi connectivity index (χ3n) is 9.12. The first kappa shape index (κ1) is 27.5. The summed E-state index contributed by atoms with van der Waals surface area (Å²) in [6.45, 7) is 7.08. The first-order valence-corrected chi connectivity index (χ1v) is 13.9. The van der Waals surface area contributed by atoms with Crippen LogP contribution in [0.25, 0.3) is 0 Å². The summed E-state index contributed by atoms with van der Waals surface area (Å²) in [6, 6.07) is 14.1. The Morgan fingerprint density at radius 2 is 1.81 bits per heavy atom. The van der Waals surface area contributed by atoms with Gasteiger partial charge in [0.25, 0.3) is 0 Å². The smallest absolute Gasteiger partial charge is 0.161 e. The van der Waals surface area contributed by atoms with E-state index in [1.54, 1.807) is 5.57 Å². The number of phenolic OH excluding ortho intramolecular Hbond substituents is 1. The highest BCUT2D eigenvalue weighted by atomic mass is 16.5. The number of ether oxygens (including phenoxy) is 2. The Bertz CT molecular complexity index is 1080. The number of para-hydroxylation sites is 2. The number of benzene rings is 2. The third-order valence-corrected chi connectivity index (χ3v) is 9.12. The third kappa shape index (κ3) is 5.68. The Morgan fingerprint density at radius 1 is 1.08 bits per heavy atom. The lowest BCUT2D eigenvalue weighted by Crippen LogP contribution is -2.43. The maximum Gasteiger partial charge on any atom is 0.161 e. The quantitative estimate of drug-likeness (QED) is 0.450. The van der Waals surface area contributed by atoms with Crippen LogP contribution in [-0.2, 0) is 6.42 Å². The van der Waals surface area contributed by atoms with Gasteiger partial charge in [-0.3, -0.25) is 0 Å². The van der Waals surface area contributed by atoms with Crippen LogP contribution in [0.2, 0.25) is 0 Å². The lowest BCUT2D eigenvalue weighted by Gasteiger charge is -2.52. The van der Waals surface area contributed by atoms with Crippen molar-refractivity contribution in [3.63, 3.8) is 0 Å². The van der Waals surface area contributed by atoms with Gasteiger partial charge in [-0.05, 0) is 124 Å². The van der Waals surface area contributed by atoms with Crippen LogP contribution < -0.4 is 15.2 Å². The molecule has 202 valence electrons. The zero-order valence-corrected chi connectivity index (χ0v) is 23.4. The fourth-order valence-electron chi connectivity index (χ4n) is 7.41. The second-order valence-electron chi connectivity index (χ2n) is 11.5. The standard InChI is InChI=1S/C31H41NO3.CH5N/c1-21-19-22-20-24(33)10-11-25(22)26-13-15-31(2)23(9-12-27(31)30(21)26)14-17-34-28-7-5-6-8-29(28)35-18-16-32(3)4;1-2/h5-8,10-11,14,20-21,26-27,30,33H,9,12-13,15-19H2,1-4H3;2H2,1H3/b23-14+;/t21-,26?,27?,30?,31?;/m1./s1. The van der Waals surface area contributed by atoms with Crippen molar-refractivity contribution in [3.05, 3.63) is 65.2 Å². The molecular formula is C32H46N2O3. The number of rotatable bonds is 7. The molecule has 0 saturated heterocycles. The van der Waals surface area contributed by atoms with Crippen LogP contribution in [0.15, 0.2) is 54.1 Å². The van der Waals surface area contributed by atoms with Gasteiger partial charge in [0.15, 0.2) is 11.5 Å². The average molecular weight is 507 g/mol. The van der Waals surface area contributed by atoms with E-state index in [1.165, 1.54) is 43.9 Å². The molecule has 3 aliphatic rings. The van der Waals surface area contributed by atoms with Crippen molar-refractivity contribution < 1.29 is 14.6 Å². The Balaban J connectivity index is 0.00000156. The van der Waals surface area contributed by atoms with E-state index >= 15 is 0 Å². The minimum absolute atomic E-state index is 0.273. The Hall–Kier alpha value is -2.50. The summed E-state index contributed by atoms with van der Waals surface area (Å²) in [4.78, 5) is 2.12. The van der Waals surface area contributed by atoms with Gasteiger partial charge in [0, 0.05) is 6.54 Å². The van der Waals surface area contributed by atoms with Gasteiger partial charge in [-0.25, -0.2) is 0 Å². The van der Waals surface area contributed by atoms with Crippen LogP contribution in [0.5, 0.6) is 17.2 Å². The van der Waals surface area contributed by atoms with E-state index in [-0.39, 0.29) is 5.41 Å². The maximum absolute atomic E-state index is 10.0. The lowest BCUT2D eigenvalue weighted by molar-refractivity contribution is 0.0488. The van der Waals surface area contributed by atoms with Gasteiger partial charge in [0.2, 0.25) is 0 Å². The van der Waals surface area contributed by atoms with Crippen LogP contribution in [0.4, 0.5) is 0 Å². The molecule has 5 rings (SSSR count). The number of phenols is 1. The van der Waals surface area contributed by atoms with Crippen molar-refractivity contribution >= 4 is 0 Å². The van der Waals surface area contributed by atoms with Crippen molar-refractivity contribution in [3.8, 4) is 17.2 Å². The van der Waals surface area contributed by atoms with E-state index in [0.29, 0.717) is 30.8 Å². The summed E-state index contributed by atoms with van der Waals surface area (Å²) in [7, 11) is 5.61. The van der Waals surface area contributed by atoms with E-state index in [2.05, 4.69) is 50.7 Å². The van der Waals surface area contributed by atoms with E-state index in [4.69, 9.17) is 9.47 Å². The molecule has 2 aromatic carbocycles. The van der Waals surface area contributed by atoms with Gasteiger partial charge in [-0.15, -0.1) is 0 Å². The maximum atomic E-state index is 10.0. The van der Waals surface area contributed by atoms with Gasteiger partial charge < -0.3 is 25.2 Å². The molecular weight excluding hydrogens is 460 g/mol. The molecule has 2 aromatic rings. The van der Waals surface area contributed by atoms with E-state index in [9.17, 15) is 5.11 Å². The molecule has 0 aliphatic heterocycles. The zero-order chi connectivity index (χ0) is 26.6. The van der Waals surface area contributed by atoms with Crippen LogP contribution in [0.1, 0.15) is 56.6 Å². The Morgan fingerprint density at radius 3 is 2.54 bits per heavy atom. The lowest BCUT2D eigenvalue weighted by atomic mass is 9.52. The second kappa shape index (κ2) is 11.9. The molecule has 4 unspecified atom stereocenters. The normalized spacial score (nSPS) is 29.1. The van der Waals surface area contributed by atoms with Gasteiger partial charge in [-0.2, -0.15) is 0 Å². The van der Waals surface area contributed by atoms with Gasteiger partial charge >= 0.3 is 0 Å². The molecule has 3 aliphatic carbocycles. The van der Waals surface area contributed by atoms with Gasteiger partial charge in [-0.1, -0.05) is 37.6 Å². The number of nitrogens with zero attached hydrogens (tertiary/aromatic N) is 1. The molecule has 37 heavy (non-hydrogen) atoms. The van der Waals surface area contributed by atoms with Crippen LogP contribution >= 0.6 is 0 Å². The van der Waals surface area contributed by atoms with Crippen LogP contribution in [0.3, 0.4) is 0 Å². The Kier molecular flexibility index (Phi) is 8.86. The zero-order valence-electron chi connectivity index (χ0n) is 23.4. The Labute approximate surface area is 223 Å². The van der Waals surface area contributed by atoms with E-state index < -0.39 is 0 Å². The highest BCUT2D eigenvalue weighted by Gasteiger charge is 2.54. The molecule has 5 nitrogen and oxygen atoms in total. The fourth-order valence-corrected chi connectivity index (χ4v) is 7.41. The summed E-state index contributed by atoms with van der Waals surface area (Å²) in [5, 5.41) is 10.0. The SMILES string of the molecule is CN.C[C@@H]1Cc2cc(O)ccc2C2CCC3(C)/C(=C/COc4ccccc4OCCN(C)C)CCC3C21. The fraction of sp³-hybridized carbons (Fsp3) is 0.562. The molecule has 3 N–H and O–H groups in total. The number of hydrogen-bond donors (Lipinski definition) is 2. The first-order valence-electron chi connectivity index (χ1n) is 13.9. The molecule has 2 fully saturated rings. The predicted octanol–water partition coefficient (Wildman–Crippen LogP) is 6.02. The number of likely N-dealkylation sites (N-methyl/N-ethyl adjacent to an activating group) is 1. The molecule has 2 saturated carbocycles. The van der Waals surface area contributed by atoms with Crippen molar-refractivity contribution in [2.24, 2.45) is 28.9 Å². The molecule has 5 heteroatoms.